The molecule has 7 heteroatoms. The molecular weight excluding hydrogens is 309 g/mol. The van der Waals surface area contributed by atoms with Gasteiger partial charge in [0.2, 0.25) is 0 Å². The second kappa shape index (κ2) is 5.49. The highest BCUT2D eigenvalue weighted by molar-refractivity contribution is 5.68. The summed E-state index contributed by atoms with van der Waals surface area (Å²) in [6.45, 7) is 1.99. The van der Waals surface area contributed by atoms with Gasteiger partial charge in [0.05, 0.1) is 23.1 Å². The summed E-state index contributed by atoms with van der Waals surface area (Å²) >= 11 is 0. The summed E-state index contributed by atoms with van der Waals surface area (Å²) in [4.78, 5) is 0. The van der Waals surface area contributed by atoms with Gasteiger partial charge in [0, 0.05) is 11.1 Å². The van der Waals surface area contributed by atoms with Crippen LogP contribution in [0.25, 0.3) is 11.3 Å². The van der Waals surface area contributed by atoms with E-state index in [1.54, 1.807) is 0 Å². The quantitative estimate of drug-likeness (QED) is 0.843. The third-order valence-electron chi connectivity index (χ3n) is 4.03. The van der Waals surface area contributed by atoms with Crippen LogP contribution in [0.3, 0.4) is 0 Å². The van der Waals surface area contributed by atoms with Gasteiger partial charge >= 0.3 is 6.18 Å². The van der Waals surface area contributed by atoms with Crippen LogP contribution < -0.4 is 0 Å². The van der Waals surface area contributed by atoms with Crippen molar-refractivity contribution in [2.24, 2.45) is 5.92 Å². The fraction of sp³-hybridized carbons (Fsp3) is 0.375. The highest BCUT2D eigenvalue weighted by atomic mass is 19.4. The highest BCUT2D eigenvalue weighted by Crippen LogP contribution is 2.38. The predicted octanol–water partition coefficient (Wildman–Crippen LogP) is 3.48. The number of hydrogen-bond donors (Lipinski definition) is 2. The molecule has 0 fully saturated rings. The van der Waals surface area contributed by atoms with Crippen molar-refractivity contribution in [3.63, 3.8) is 0 Å². The number of halogens is 3. The lowest BCUT2D eigenvalue weighted by Crippen LogP contribution is -2.18. The number of fused-ring (bicyclic) bond motifs is 1. The van der Waals surface area contributed by atoms with E-state index < -0.39 is 17.8 Å². The Labute approximate surface area is 130 Å². The Bertz CT molecular complexity index is 747. The van der Waals surface area contributed by atoms with Crippen LogP contribution in [-0.2, 0) is 12.6 Å². The molecule has 4 nitrogen and oxygen atoms in total. The lowest BCUT2D eigenvalue weighted by atomic mass is 9.86. The predicted molar refractivity (Wildman–Crippen MR) is 76.6 cm³/mol. The van der Waals surface area contributed by atoms with E-state index in [4.69, 9.17) is 0 Å². The van der Waals surface area contributed by atoms with Gasteiger partial charge < -0.3 is 10.2 Å². The van der Waals surface area contributed by atoms with E-state index in [1.165, 1.54) is 6.07 Å². The average Bonchev–Trinajstić information content (AvgIpc) is 2.46. The standard InChI is InChI=1S/C16H15F3N2O2/c1-8-4-12-11(15(23)5-8)7-13(21-20-12)10-6-9(16(17,18)19)2-3-14(10)22/h2-3,6-8,15,22-23H,4-5H2,1H3. The average molecular weight is 324 g/mol. The van der Waals surface area contributed by atoms with Crippen LogP contribution in [0.15, 0.2) is 24.3 Å². The Morgan fingerprint density at radius 1 is 1.17 bits per heavy atom. The molecule has 0 saturated heterocycles. The summed E-state index contributed by atoms with van der Waals surface area (Å²) in [5.74, 6) is -0.0504. The minimum absolute atomic E-state index is 0.0547. The van der Waals surface area contributed by atoms with Crippen molar-refractivity contribution in [2.75, 3.05) is 0 Å². The number of hydrogen-bond acceptors (Lipinski definition) is 4. The van der Waals surface area contributed by atoms with E-state index in [9.17, 15) is 23.4 Å². The Morgan fingerprint density at radius 2 is 1.91 bits per heavy atom. The molecule has 1 aromatic carbocycles. The molecular formula is C16H15F3N2O2. The second-order valence-electron chi connectivity index (χ2n) is 5.92. The van der Waals surface area contributed by atoms with Crippen molar-refractivity contribution in [2.45, 2.75) is 32.0 Å². The summed E-state index contributed by atoms with van der Waals surface area (Å²) in [7, 11) is 0. The van der Waals surface area contributed by atoms with Crippen molar-refractivity contribution in [3.8, 4) is 17.0 Å². The topological polar surface area (TPSA) is 66.2 Å². The molecule has 2 unspecified atom stereocenters. The van der Waals surface area contributed by atoms with Gasteiger partial charge in [-0.3, -0.25) is 0 Å². The van der Waals surface area contributed by atoms with Gasteiger partial charge in [0.1, 0.15) is 5.75 Å². The van der Waals surface area contributed by atoms with Gasteiger partial charge in [-0.05, 0) is 43.0 Å². The Hall–Kier alpha value is -2.15. The number of alkyl halides is 3. The zero-order valence-electron chi connectivity index (χ0n) is 12.3. The first-order valence-electron chi connectivity index (χ1n) is 7.21. The number of rotatable bonds is 1. The van der Waals surface area contributed by atoms with Gasteiger partial charge in [-0.25, -0.2) is 0 Å². The lowest BCUT2D eigenvalue weighted by molar-refractivity contribution is -0.137. The minimum atomic E-state index is -4.51. The monoisotopic (exact) mass is 324 g/mol. The smallest absolute Gasteiger partial charge is 0.416 e. The van der Waals surface area contributed by atoms with Crippen molar-refractivity contribution in [1.82, 2.24) is 10.2 Å². The van der Waals surface area contributed by atoms with E-state index >= 15 is 0 Å². The van der Waals surface area contributed by atoms with E-state index in [1.807, 2.05) is 6.92 Å². The summed E-state index contributed by atoms with van der Waals surface area (Å²) in [5, 5.41) is 28.0. The normalized spacial score (nSPS) is 21.1. The highest BCUT2D eigenvalue weighted by Gasteiger charge is 2.32. The first-order valence-corrected chi connectivity index (χ1v) is 7.21. The molecule has 23 heavy (non-hydrogen) atoms. The molecule has 0 amide bonds. The van der Waals surface area contributed by atoms with Crippen LogP contribution in [0, 0.1) is 5.92 Å². The number of aromatic nitrogens is 2. The molecule has 0 bridgehead atoms. The molecule has 122 valence electrons. The minimum Gasteiger partial charge on any atom is -0.507 e. The number of aromatic hydroxyl groups is 1. The fourth-order valence-electron chi connectivity index (χ4n) is 2.85. The third-order valence-corrected chi connectivity index (χ3v) is 4.03. The molecule has 0 aliphatic heterocycles. The second-order valence-corrected chi connectivity index (χ2v) is 5.92. The number of benzene rings is 1. The summed E-state index contributed by atoms with van der Waals surface area (Å²) in [5.41, 5.74) is 0.386. The number of nitrogens with zero attached hydrogens (tertiary/aromatic N) is 2. The van der Waals surface area contributed by atoms with Crippen molar-refractivity contribution in [3.05, 3.63) is 41.1 Å². The van der Waals surface area contributed by atoms with Crippen LogP contribution in [0.1, 0.15) is 36.3 Å². The maximum atomic E-state index is 12.8. The summed E-state index contributed by atoms with van der Waals surface area (Å²) in [6, 6.07) is 4.14. The zero-order chi connectivity index (χ0) is 16.8. The molecule has 1 heterocycles. The molecule has 1 aliphatic carbocycles. The summed E-state index contributed by atoms with van der Waals surface area (Å²) in [6.07, 6.45) is -4.02. The van der Waals surface area contributed by atoms with Crippen LogP contribution in [0.4, 0.5) is 13.2 Å². The molecule has 2 atom stereocenters. The van der Waals surface area contributed by atoms with Gasteiger partial charge in [-0.2, -0.15) is 23.4 Å². The van der Waals surface area contributed by atoms with Crippen molar-refractivity contribution in [1.29, 1.82) is 0 Å². The van der Waals surface area contributed by atoms with Crippen molar-refractivity contribution >= 4 is 0 Å². The maximum absolute atomic E-state index is 12.8. The van der Waals surface area contributed by atoms with Crippen LogP contribution >= 0.6 is 0 Å². The maximum Gasteiger partial charge on any atom is 0.416 e. The lowest BCUT2D eigenvalue weighted by Gasteiger charge is -2.25. The largest absolute Gasteiger partial charge is 0.507 e. The van der Waals surface area contributed by atoms with Gasteiger partial charge in [0.25, 0.3) is 0 Å². The van der Waals surface area contributed by atoms with Crippen molar-refractivity contribution < 1.29 is 23.4 Å². The molecule has 2 N–H and O–H groups in total. The SMILES string of the molecule is CC1Cc2nnc(-c3cc(C(F)(F)F)ccc3O)cc2C(O)C1. The van der Waals surface area contributed by atoms with Gasteiger partial charge in [-0.1, -0.05) is 6.92 Å². The molecule has 3 rings (SSSR count). The van der Waals surface area contributed by atoms with E-state index in [0.717, 1.165) is 18.2 Å². The molecule has 1 aliphatic rings. The number of aliphatic hydroxyl groups is 1. The van der Waals surface area contributed by atoms with E-state index in [0.29, 0.717) is 24.1 Å². The Morgan fingerprint density at radius 3 is 2.61 bits per heavy atom. The van der Waals surface area contributed by atoms with Gasteiger partial charge in [-0.15, -0.1) is 0 Å². The number of phenolic OH excluding ortho intramolecular Hbond substituents is 1. The molecule has 0 radical (unpaired) electrons. The zero-order valence-corrected chi connectivity index (χ0v) is 12.3. The summed E-state index contributed by atoms with van der Waals surface area (Å²) < 4.78 is 38.5. The van der Waals surface area contributed by atoms with E-state index in [-0.39, 0.29) is 22.9 Å². The number of phenols is 1. The van der Waals surface area contributed by atoms with Crippen LogP contribution in [0.5, 0.6) is 5.75 Å². The molecule has 1 aromatic heterocycles. The molecule has 0 saturated carbocycles. The number of aliphatic hydroxyl groups excluding tert-OH is 1. The Balaban J connectivity index is 2.08. The Kier molecular flexibility index (Phi) is 3.75. The first-order chi connectivity index (χ1) is 10.8. The van der Waals surface area contributed by atoms with Crippen LogP contribution in [0.2, 0.25) is 0 Å². The van der Waals surface area contributed by atoms with E-state index in [2.05, 4.69) is 10.2 Å². The molecule has 0 spiro atoms. The first kappa shape index (κ1) is 15.7. The third kappa shape index (κ3) is 3.01. The fourth-order valence-corrected chi connectivity index (χ4v) is 2.85. The molecule has 2 aromatic rings. The van der Waals surface area contributed by atoms with Gasteiger partial charge in [0.15, 0.2) is 0 Å². The van der Waals surface area contributed by atoms with Crippen LogP contribution in [-0.4, -0.2) is 20.4 Å².